The van der Waals surface area contributed by atoms with E-state index in [1.165, 1.54) is 7.11 Å². The summed E-state index contributed by atoms with van der Waals surface area (Å²) >= 11 is 0. The lowest BCUT2D eigenvalue weighted by Crippen LogP contribution is -2.41. The van der Waals surface area contributed by atoms with Crippen molar-refractivity contribution in [2.45, 2.75) is 19.0 Å². The van der Waals surface area contributed by atoms with Crippen LogP contribution in [0.3, 0.4) is 0 Å². The molecule has 0 heterocycles. The standard InChI is InChI=1S/C16H18F3NO5/c1-24-6-7-25-13-5-2-9(16(17,18)19)8-12(13)20-14(21)10-3-4-11(10)15(22)23/h2,5,8,10-11H,3-4,6-7H2,1H3,(H,20,21)(H,22,23). The van der Waals surface area contributed by atoms with E-state index >= 15 is 0 Å². The fourth-order valence-corrected chi connectivity index (χ4v) is 2.50. The van der Waals surface area contributed by atoms with Crippen molar-refractivity contribution in [2.75, 3.05) is 25.6 Å². The Kier molecular flexibility index (Phi) is 5.89. The maximum absolute atomic E-state index is 12.9. The van der Waals surface area contributed by atoms with Gasteiger partial charge in [-0.15, -0.1) is 0 Å². The number of carbonyl (C=O) groups excluding carboxylic acids is 1. The number of rotatable bonds is 7. The predicted octanol–water partition coefficient (Wildman–Crippen LogP) is 2.78. The Bertz CT molecular complexity index is 647. The van der Waals surface area contributed by atoms with Gasteiger partial charge in [0.15, 0.2) is 0 Å². The molecule has 2 unspecified atom stereocenters. The lowest BCUT2D eigenvalue weighted by molar-refractivity contribution is -0.151. The minimum atomic E-state index is -4.58. The number of carbonyl (C=O) groups is 2. The molecule has 9 heteroatoms. The summed E-state index contributed by atoms with van der Waals surface area (Å²) in [6.07, 6.45) is -3.83. The molecule has 0 spiro atoms. The Morgan fingerprint density at radius 2 is 1.92 bits per heavy atom. The van der Waals surface area contributed by atoms with Crippen molar-refractivity contribution in [2.24, 2.45) is 11.8 Å². The van der Waals surface area contributed by atoms with Gasteiger partial charge >= 0.3 is 12.1 Å². The first-order valence-corrected chi connectivity index (χ1v) is 7.60. The molecule has 0 aromatic heterocycles. The molecule has 0 saturated heterocycles. The van der Waals surface area contributed by atoms with E-state index in [1.54, 1.807) is 0 Å². The molecule has 1 aliphatic rings. The molecule has 1 aliphatic carbocycles. The highest BCUT2D eigenvalue weighted by molar-refractivity contribution is 5.97. The van der Waals surface area contributed by atoms with E-state index < -0.39 is 35.5 Å². The second-order valence-electron chi connectivity index (χ2n) is 5.67. The normalized spacial score (nSPS) is 19.8. The summed E-state index contributed by atoms with van der Waals surface area (Å²) in [5.41, 5.74) is -1.09. The highest BCUT2D eigenvalue weighted by atomic mass is 19.4. The molecular weight excluding hydrogens is 343 g/mol. The van der Waals surface area contributed by atoms with Crippen LogP contribution in [0.1, 0.15) is 18.4 Å². The van der Waals surface area contributed by atoms with Gasteiger partial charge in [-0.1, -0.05) is 0 Å². The first-order valence-electron chi connectivity index (χ1n) is 7.60. The van der Waals surface area contributed by atoms with Crippen LogP contribution in [-0.4, -0.2) is 37.3 Å². The van der Waals surface area contributed by atoms with Crippen LogP contribution in [0, 0.1) is 11.8 Å². The third-order valence-corrected chi connectivity index (χ3v) is 4.04. The summed E-state index contributed by atoms with van der Waals surface area (Å²) in [5, 5.41) is 11.4. The summed E-state index contributed by atoms with van der Waals surface area (Å²) in [5.74, 6) is -3.24. The molecule has 0 aliphatic heterocycles. The number of hydrogen-bond acceptors (Lipinski definition) is 4. The van der Waals surface area contributed by atoms with Crippen molar-refractivity contribution >= 4 is 17.6 Å². The second kappa shape index (κ2) is 7.73. The van der Waals surface area contributed by atoms with Gasteiger partial charge in [0, 0.05) is 7.11 Å². The van der Waals surface area contributed by atoms with E-state index in [0.29, 0.717) is 12.8 Å². The summed E-state index contributed by atoms with van der Waals surface area (Å²) in [4.78, 5) is 23.2. The Morgan fingerprint density at radius 1 is 1.24 bits per heavy atom. The third-order valence-electron chi connectivity index (χ3n) is 4.04. The number of nitrogens with one attached hydrogen (secondary N) is 1. The summed E-state index contributed by atoms with van der Waals surface area (Å²) in [6.45, 7) is 0.310. The fraction of sp³-hybridized carbons (Fsp3) is 0.500. The molecule has 138 valence electrons. The Balaban J connectivity index is 2.20. The van der Waals surface area contributed by atoms with E-state index in [0.717, 1.165) is 18.2 Å². The van der Waals surface area contributed by atoms with Crippen molar-refractivity contribution < 1.29 is 37.3 Å². The summed E-state index contributed by atoms with van der Waals surface area (Å²) < 4.78 is 48.8. The zero-order chi connectivity index (χ0) is 18.6. The maximum Gasteiger partial charge on any atom is 0.416 e. The highest BCUT2D eigenvalue weighted by Crippen LogP contribution is 2.38. The van der Waals surface area contributed by atoms with Crippen molar-refractivity contribution in [1.82, 2.24) is 0 Å². The monoisotopic (exact) mass is 361 g/mol. The number of benzene rings is 1. The van der Waals surface area contributed by atoms with E-state index in [9.17, 15) is 22.8 Å². The average molecular weight is 361 g/mol. The number of anilines is 1. The number of ether oxygens (including phenoxy) is 2. The van der Waals surface area contributed by atoms with Gasteiger partial charge in [-0.05, 0) is 31.0 Å². The van der Waals surface area contributed by atoms with Crippen molar-refractivity contribution in [3.05, 3.63) is 23.8 Å². The molecule has 2 atom stereocenters. The zero-order valence-electron chi connectivity index (χ0n) is 13.4. The predicted molar refractivity (Wildman–Crippen MR) is 81.3 cm³/mol. The van der Waals surface area contributed by atoms with Gasteiger partial charge in [-0.3, -0.25) is 9.59 Å². The molecule has 1 aromatic carbocycles. The molecule has 0 bridgehead atoms. The van der Waals surface area contributed by atoms with Crippen LogP contribution in [0.4, 0.5) is 18.9 Å². The SMILES string of the molecule is COCCOc1ccc(C(F)(F)F)cc1NC(=O)C1CCC1C(=O)O. The van der Waals surface area contributed by atoms with Crippen molar-refractivity contribution in [3.63, 3.8) is 0 Å². The molecule has 0 radical (unpaired) electrons. The molecule has 2 rings (SSSR count). The van der Waals surface area contributed by atoms with Crippen LogP contribution in [0.5, 0.6) is 5.75 Å². The second-order valence-corrected chi connectivity index (χ2v) is 5.67. The molecular formula is C16H18F3NO5. The molecule has 25 heavy (non-hydrogen) atoms. The topological polar surface area (TPSA) is 84.9 Å². The van der Waals surface area contributed by atoms with Gasteiger partial charge in [-0.2, -0.15) is 13.2 Å². The lowest BCUT2D eigenvalue weighted by Gasteiger charge is -2.32. The van der Waals surface area contributed by atoms with Crippen LogP contribution in [0.2, 0.25) is 0 Å². The summed E-state index contributed by atoms with van der Waals surface area (Å²) in [6, 6.07) is 2.74. The maximum atomic E-state index is 12.9. The first kappa shape index (κ1) is 19.0. The van der Waals surface area contributed by atoms with E-state index in [-0.39, 0.29) is 24.7 Å². The van der Waals surface area contributed by atoms with Gasteiger partial charge in [0.25, 0.3) is 0 Å². The van der Waals surface area contributed by atoms with Crippen LogP contribution in [0.25, 0.3) is 0 Å². The van der Waals surface area contributed by atoms with Crippen molar-refractivity contribution in [1.29, 1.82) is 0 Å². The lowest BCUT2D eigenvalue weighted by atomic mass is 9.73. The smallest absolute Gasteiger partial charge is 0.416 e. The minimum Gasteiger partial charge on any atom is -0.489 e. The number of carboxylic acids is 1. The molecule has 1 aromatic rings. The number of alkyl halides is 3. The molecule has 2 N–H and O–H groups in total. The number of carboxylic acid groups (broad SMARTS) is 1. The van der Waals surface area contributed by atoms with Crippen LogP contribution in [0.15, 0.2) is 18.2 Å². The largest absolute Gasteiger partial charge is 0.489 e. The Labute approximate surface area is 141 Å². The fourth-order valence-electron chi connectivity index (χ4n) is 2.50. The molecule has 1 fully saturated rings. The van der Waals surface area contributed by atoms with E-state index in [2.05, 4.69) is 5.32 Å². The Morgan fingerprint density at radius 3 is 2.44 bits per heavy atom. The van der Waals surface area contributed by atoms with E-state index in [4.69, 9.17) is 14.6 Å². The number of hydrogen-bond donors (Lipinski definition) is 2. The number of aliphatic carboxylic acids is 1. The Hall–Kier alpha value is -2.29. The number of amides is 1. The number of halogens is 3. The van der Waals surface area contributed by atoms with E-state index in [1.807, 2.05) is 0 Å². The van der Waals surface area contributed by atoms with Gasteiger partial charge in [-0.25, -0.2) is 0 Å². The number of methoxy groups -OCH3 is 1. The molecule has 1 amide bonds. The van der Waals surface area contributed by atoms with Crippen molar-refractivity contribution in [3.8, 4) is 5.75 Å². The summed E-state index contributed by atoms with van der Waals surface area (Å²) in [7, 11) is 1.45. The van der Waals surface area contributed by atoms with Gasteiger partial charge in [0.1, 0.15) is 12.4 Å². The minimum absolute atomic E-state index is 0.0598. The highest BCUT2D eigenvalue weighted by Gasteiger charge is 2.41. The quantitative estimate of drug-likeness (QED) is 0.730. The van der Waals surface area contributed by atoms with Crippen LogP contribution in [-0.2, 0) is 20.5 Å². The molecule has 6 nitrogen and oxygen atoms in total. The molecule has 1 saturated carbocycles. The van der Waals surface area contributed by atoms with Crippen LogP contribution >= 0.6 is 0 Å². The van der Waals surface area contributed by atoms with Crippen LogP contribution < -0.4 is 10.1 Å². The first-order chi connectivity index (χ1) is 11.7. The van der Waals surface area contributed by atoms with Gasteiger partial charge in [0.05, 0.1) is 29.7 Å². The third kappa shape index (κ3) is 4.62. The van der Waals surface area contributed by atoms with Gasteiger partial charge in [0.2, 0.25) is 5.91 Å². The zero-order valence-corrected chi connectivity index (χ0v) is 13.4. The van der Waals surface area contributed by atoms with Gasteiger partial charge < -0.3 is 19.9 Å². The average Bonchev–Trinajstić information content (AvgIpc) is 2.46.